The Balaban J connectivity index is 1.10. The third-order valence-corrected chi connectivity index (χ3v) is 11.6. The Kier molecular flexibility index (Phi) is 7.19. The van der Waals surface area contributed by atoms with Gasteiger partial charge >= 0.3 is 0 Å². The largest absolute Gasteiger partial charge is 0.0622 e. The highest BCUT2D eigenvalue weighted by atomic mass is 14.2. The maximum atomic E-state index is 2.39. The highest BCUT2D eigenvalue weighted by molar-refractivity contribution is 6.23. The van der Waals surface area contributed by atoms with Crippen LogP contribution in [0.15, 0.2) is 200 Å². The minimum atomic E-state index is 1.23. The molecule has 0 bridgehead atoms. The summed E-state index contributed by atoms with van der Waals surface area (Å²) in [4.78, 5) is 0. The summed E-state index contributed by atoms with van der Waals surface area (Å²) in [5.74, 6) is 0. The van der Waals surface area contributed by atoms with Crippen LogP contribution in [0.3, 0.4) is 0 Å². The van der Waals surface area contributed by atoms with Crippen LogP contribution in [0, 0.1) is 6.92 Å². The van der Waals surface area contributed by atoms with Crippen molar-refractivity contribution in [2.24, 2.45) is 0 Å². The molecule has 256 valence electrons. The molecule has 11 aromatic carbocycles. The highest BCUT2D eigenvalue weighted by Crippen LogP contribution is 2.46. The summed E-state index contributed by atoms with van der Waals surface area (Å²) in [5, 5.41) is 15.2. The molecule has 0 heterocycles. The second-order valence-corrected chi connectivity index (χ2v) is 14.9. The van der Waals surface area contributed by atoms with Gasteiger partial charge in [-0.1, -0.05) is 188 Å². The fourth-order valence-electron chi connectivity index (χ4n) is 9.18. The SMILES string of the molecule is Cc1ccc2cc(-c3c4ccccc4c(-c4ccc5cc(-c6c7ccccc7c(-c7ccccc7)c7ccccc67)ccc5c4)c4ccccc34)ccc2c1. The normalized spacial score (nSPS) is 11.7. The van der Waals surface area contributed by atoms with Crippen LogP contribution >= 0.6 is 0 Å². The van der Waals surface area contributed by atoms with Gasteiger partial charge in [0, 0.05) is 0 Å². The van der Waals surface area contributed by atoms with Gasteiger partial charge in [-0.25, -0.2) is 0 Å². The van der Waals surface area contributed by atoms with Crippen molar-refractivity contribution in [2.45, 2.75) is 6.92 Å². The predicted molar refractivity (Wildman–Crippen MR) is 238 cm³/mol. The van der Waals surface area contributed by atoms with Crippen LogP contribution in [-0.4, -0.2) is 0 Å². The smallest absolute Gasteiger partial charge is 0.00262 e. The summed E-state index contributed by atoms with van der Waals surface area (Å²) in [5.41, 5.74) is 11.4. The maximum absolute atomic E-state index is 2.39. The van der Waals surface area contributed by atoms with Crippen molar-refractivity contribution < 1.29 is 0 Å². The number of aryl methyl sites for hydroxylation is 1. The van der Waals surface area contributed by atoms with Crippen molar-refractivity contribution in [3.63, 3.8) is 0 Å². The Morgan fingerprint density at radius 1 is 0.218 bits per heavy atom. The van der Waals surface area contributed by atoms with Crippen molar-refractivity contribution in [3.05, 3.63) is 206 Å². The Bertz CT molecular complexity index is 3200. The lowest BCUT2D eigenvalue weighted by molar-refractivity contribution is 1.51. The topological polar surface area (TPSA) is 0 Å². The number of hydrogen-bond acceptors (Lipinski definition) is 0. The monoisotopic (exact) mass is 696 g/mol. The van der Waals surface area contributed by atoms with Crippen molar-refractivity contribution in [3.8, 4) is 44.5 Å². The van der Waals surface area contributed by atoms with Crippen LogP contribution in [0.2, 0.25) is 0 Å². The zero-order valence-corrected chi connectivity index (χ0v) is 30.6. The van der Waals surface area contributed by atoms with Gasteiger partial charge in [-0.3, -0.25) is 0 Å². The van der Waals surface area contributed by atoms with Crippen LogP contribution in [0.25, 0.3) is 109 Å². The predicted octanol–water partition coefficient (Wildman–Crippen LogP) is 15.6. The van der Waals surface area contributed by atoms with Gasteiger partial charge in [-0.15, -0.1) is 0 Å². The minimum Gasteiger partial charge on any atom is -0.0622 e. The third-order valence-electron chi connectivity index (χ3n) is 11.6. The van der Waals surface area contributed by atoms with E-state index in [2.05, 4.69) is 207 Å². The van der Waals surface area contributed by atoms with Crippen LogP contribution in [-0.2, 0) is 0 Å². The average Bonchev–Trinajstić information content (AvgIpc) is 3.24. The van der Waals surface area contributed by atoms with Crippen molar-refractivity contribution >= 4 is 64.6 Å². The minimum absolute atomic E-state index is 1.23. The molecule has 11 aromatic rings. The molecule has 0 N–H and O–H groups in total. The van der Waals surface area contributed by atoms with E-state index in [0.29, 0.717) is 0 Å². The van der Waals surface area contributed by atoms with E-state index in [1.54, 1.807) is 0 Å². The van der Waals surface area contributed by atoms with E-state index < -0.39 is 0 Å². The number of benzene rings is 11. The van der Waals surface area contributed by atoms with Gasteiger partial charge in [0.25, 0.3) is 0 Å². The van der Waals surface area contributed by atoms with Crippen LogP contribution < -0.4 is 0 Å². The molecule has 0 fully saturated rings. The fourth-order valence-corrected chi connectivity index (χ4v) is 9.18. The lowest BCUT2D eigenvalue weighted by Crippen LogP contribution is -1.92. The summed E-state index contributed by atoms with van der Waals surface area (Å²) in [6.45, 7) is 2.16. The molecule has 55 heavy (non-hydrogen) atoms. The zero-order chi connectivity index (χ0) is 36.5. The summed E-state index contributed by atoms with van der Waals surface area (Å²) < 4.78 is 0. The fraction of sp³-hybridized carbons (Fsp3) is 0.0182. The zero-order valence-electron chi connectivity index (χ0n) is 30.6. The van der Waals surface area contributed by atoms with E-state index in [1.165, 1.54) is 115 Å². The van der Waals surface area contributed by atoms with Crippen LogP contribution in [0.5, 0.6) is 0 Å². The molecule has 0 radical (unpaired) electrons. The second kappa shape index (κ2) is 12.5. The lowest BCUT2D eigenvalue weighted by Gasteiger charge is -2.19. The Morgan fingerprint density at radius 2 is 0.491 bits per heavy atom. The first-order chi connectivity index (χ1) is 27.2. The quantitative estimate of drug-likeness (QED) is 0.161. The molecule has 0 atom stereocenters. The van der Waals surface area contributed by atoms with Crippen molar-refractivity contribution in [2.75, 3.05) is 0 Å². The Morgan fingerprint density at radius 3 is 0.836 bits per heavy atom. The third kappa shape index (κ3) is 5.07. The van der Waals surface area contributed by atoms with Crippen LogP contribution in [0.4, 0.5) is 0 Å². The molecule has 0 heteroatoms. The van der Waals surface area contributed by atoms with E-state index in [4.69, 9.17) is 0 Å². The van der Waals surface area contributed by atoms with E-state index in [9.17, 15) is 0 Å². The number of rotatable bonds is 4. The highest BCUT2D eigenvalue weighted by Gasteiger charge is 2.19. The first kappa shape index (κ1) is 31.5. The first-order valence-corrected chi connectivity index (χ1v) is 19.2. The molecular formula is C55H36. The van der Waals surface area contributed by atoms with Crippen LogP contribution in [0.1, 0.15) is 5.56 Å². The molecule has 0 saturated carbocycles. The van der Waals surface area contributed by atoms with E-state index in [-0.39, 0.29) is 0 Å². The van der Waals surface area contributed by atoms with Crippen molar-refractivity contribution in [1.82, 2.24) is 0 Å². The maximum Gasteiger partial charge on any atom is -0.00262 e. The van der Waals surface area contributed by atoms with Gasteiger partial charge < -0.3 is 0 Å². The van der Waals surface area contributed by atoms with Gasteiger partial charge in [0.1, 0.15) is 0 Å². The summed E-state index contributed by atoms with van der Waals surface area (Å²) in [6.07, 6.45) is 0. The van der Waals surface area contributed by atoms with Gasteiger partial charge in [0.15, 0.2) is 0 Å². The van der Waals surface area contributed by atoms with Gasteiger partial charge in [0.2, 0.25) is 0 Å². The summed E-state index contributed by atoms with van der Waals surface area (Å²) in [6, 6.07) is 74.2. The van der Waals surface area contributed by atoms with E-state index >= 15 is 0 Å². The molecule has 0 amide bonds. The van der Waals surface area contributed by atoms with Gasteiger partial charge in [-0.2, -0.15) is 0 Å². The molecule has 0 saturated heterocycles. The van der Waals surface area contributed by atoms with E-state index in [1.807, 2.05) is 0 Å². The molecule has 0 aromatic heterocycles. The molecule has 11 rings (SSSR count). The summed E-state index contributed by atoms with van der Waals surface area (Å²) in [7, 11) is 0. The first-order valence-electron chi connectivity index (χ1n) is 19.2. The molecule has 0 nitrogen and oxygen atoms in total. The molecular weight excluding hydrogens is 661 g/mol. The number of fused-ring (bicyclic) bond motifs is 6. The molecule has 0 aliphatic rings. The molecule has 0 aliphatic heterocycles. The van der Waals surface area contributed by atoms with Gasteiger partial charge in [-0.05, 0) is 134 Å². The van der Waals surface area contributed by atoms with Gasteiger partial charge in [0.05, 0.1) is 0 Å². The molecule has 0 spiro atoms. The second-order valence-electron chi connectivity index (χ2n) is 14.9. The number of hydrogen-bond donors (Lipinski definition) is 0. The summed E-state index contributed by atoms with van der Waals surface area (Å²) >= 11 is 0. The van der Waals surface area contributed by atoms with Crippen molar-refractivity contribution in [1.29, 1.82) is 0 Å². The standard InChI is InChI=1S/C55H36/c1-35-23-24-38-32-41(28-25-37(38)31-35)54-48-19-9-11-21-50(48)55(51-22-12-10-20-49(51)54)43-30-27-39-33-42(29-26-40(39)34-43)53-46-17-7-5-15-44(46)52(36-13-3-2-4-14-36)45-16-6-8-18-47(45)53/h2-34H,1H3. The van der Waals surface area contributed by atoms with E-state index in [0.717, 1.165) is 0 Å². The lowest BCUT2D eigenvalue weighted by atomic mass is 9.84. The molecule has 0 aliphatic carbocycles. The Hall–Kier alpha value is -7.02. The Labute approximate surface area is 320 Å². The average molecular weight is 697 g/mol. The molecule has 0 unspecified atom stereocenters.